The highest BCUT2D eigenvalue weighted by atomic mass is 19.1. The van der Waals surface area contributed by atoms with Crippen LogP contribution in [0, 0.1) is 29.9 Å². The fourth-order valence-electron chi connectivity index (χ4n) is 4.91. The molecule has 0 spiro atoms. The molecular weight excluding hydrogens is 508 g/mol. The average molecular weight is 538 g/mol. The lowest BCUT2D eigenvalue weighted by molar-refractivity contribution is 0.102. The van der Waals surface area contributed by atoms with Crippen LogP contribution in [-0.2, 0) is 6.54 Å². The van der Waals surface area contributed by atoms with E-state index in [-0.39, 0.29) is 18.0 Å². The predicted molar refractivity (Wildman–Crippen MR) is 152 cm³/mol. The number of nitrogens with one attached hydrogen (secondary N) is 1. The molecule has 1 aliphatic heterocycles. The van der Waals surface area contributed by atoms with Gasteiger partial charge in [-0.3, -0.25) is 9.69 Å². The molecule has 0 saturated carbocycles. The minimum atomic E-state index is -0.517. The van der Waals surface area contributed by atoms with Gasteiger partial charge in [-0.15, -0.1) is 0 Å². The van der Waals surface area contributed by atoms with Gasteiger partial charge in [0.05, 0.1) is 23.5 Å². The zero-order chi connectivity index (χ0) is 28.1. The van der Waals surface area contributed by atoms with Gasteiger partial charge in [-0.2, -0.15) is 5.26 Å². The number of amides is 1. The van der Waals surface area contributed by atoms with E-state index in [0.29, 0.717) is 29.9 Å². The van der Waals surface area contributed by atoms with Gasteiger partial charge in [0, 0.05) is 43.9 Å². The number of aryl methyl sites for hydroxylation is 1. The third-order valence-electron chi connectivity index (χ3n) is 7.19. The largest absolute Gasteiger partial charge is 0.355 e. The maximum absolute atomic E-state index is 14.1. The topological polar surface area (TPSA) is 72.3 Å². The van der Waals surface area contributed by atoms with Gasteiger partial charge in [-0.05, 0) is 78.6 Å². The predicted octanol–water partition coefficient (Wildman–Crippen LogP) is 6.17. The molecule has 0 atom stereocenters. The van der Waals surface area contributed by atoms with E-state index >= 15 is 0 Å². The fraction of sp³-hybridized carbons (Fsp3) is 0.219. The highest BCUT2D eigenvalue weighted by molar-refractivity contribution is 6.05. The van der Waals surface area contributed by atoms with Crippen LogP contribution in [0.5, 0.6) is 0 Å². The highest BCUT2D eigenvalue weighted by Gasteiger charge is 2.19. The van der Waals surface area contributed by atoms with Crippen molar-refractivity contribution in [1.82, 2.24) is 9.88 Å². The van der Waals surface area contributed by atoms with E-state index in [0.717, 1.165) is 42.0 Å². The smallest absolute Gasteiger partial charge is 0.255 e. The minimum absolute atomic E-state index is 0.103. The van der Waals surface area contributed by atoms with Gasteiger partial charge in [-0.1, -0.05) is 24.3 Å². The van der Waals surface area contributed by atoms with Crippen molar-refractivity contribution in [2.45, 2.75) is 19.9 Å². The normalized spacial score (nSPS) is 13.9. The first-order valence-corrected chi connectivity index (χ1v) is 13.2. The molecule has 2 heterocycles. The molecule has 0 unspecified atom stereocenters. The first-order valence-electron chi connectivity index (χ1n) is 13.2. The van der Waals surface area contributed by atoms with E-state index in [1.54, 1.807) is 24.4 Å². The molecule has 202 valence electrons. The molecule has 1 amide bonds. The standard InChI is InChI=1S/C32H29F2N5O/c1-22-6-9-25(18-27(22)24-10-7-23(19-35)8-11-24)32(40)37-26-12-13-31(36-20-26)39-15-3-14-38(16-17-39)21-28-29(33)4-2-5-30(28)34/h2,4-13,18,20H,3,14-17,21H2,1H3,(H,37,40). The summed E-state index contributed by atoms with van der Waals surface area (Å²) in [6.45, 7) is 5.06. The Morgan fingerprint density at radius 2 is 1.75 bits per heavy atom. The summed E-state index contributed by atoms with van der Waals surface area (Å²) in [6, 6.07) is 22.6. The first-order chi connectivity index (χ1) is 19.4. The van der Waals surface area contributed by atoms with E-state index in [4.69, 9.17) is 5.26 Å². The lowest BCUT2D eigenvalue weighted by Crippen LogP contribution is -2.31. The lowest BCUT2D eigenvalue weighted by Gasteiger charge is -2.23. The van der Waals surface area contributed by atoms with Crippen LogP contribution in [0.3, 0.4) is 0 Å². The number of benzene rings is 3. The van der Waals surface area contributed by atoms with Crippen molar-refractivity contribution in [1.29, 1.82) is 5.26 Å². The number of nitriles is 1. The summed E-state index contributed by atoms with van der Waals surface area (Å²) in [4.78, 5) is 21.8. The second-order valence-corrected chi connectivity index (χ2v) is 9.90. The summed E-state index contributed by atoms with van der Waals surface area (Å²) >= 11 is 0. The van der Waals surface area contributed by atoms with Gasteiger partial charge < -0.3 is 10.2 Å². The Kier molecular flexibility index (Phi) is 8.13. The molecule has 0 bridgehead atoms. The van der Waals surface area contributed by atoms with Crippen molar-refractivity contribution >= 4 is 17.4 Å². The van der Waals surface area contributed by atoms with Gasteiger partial charge >= 0.3 is 0 Å². The van der Waals surface area contributed by atoms with Crippen LogP contribution in [-0.4, -0.2) is 42.0 Å². The molecule has 5 rings (SSSR count). The Bertz CT molecular complexity index is 1530. The Morgan fingerprint density at radius 1 is 0.975 bits per heavy atom. The number of hydrogen-bond donors (Lipinski definition) is 1. The Balaban J connectivity index is 1.21. The van der Waals surface area contributed by atoms with Gasteiger partial charge in [-0.25, -0.2) is 13.8 Å². The molecule has 4 aromatic rings. The van der Waals surface area contributed by atoms with Crippen LogP contribution in [0.1, 0.15) is 33.5 Å². The molecular formula is C32H29F2N5O. The van der Waals surface area contributed by atoms with Crippen molar-refractivity contribution < 1.29 is 13.6 Å². The quantitative estimate of drug-likeness (QED) is 0.318. The number of rotatable bonds is 6. The summed E-state index contributed by atoms with van der Waals surface area (Å²) in [7, 11) is 0. The third-order valence-corrected chi connectivity index (χ3v) is 7.19. The lowest BCUT2D eigenvalue weighted by atomic mass is 9.97. The summed E-state index contributed by atoms with van der Waals surface area (Å²) < 4.78 is 28.2. The van der Waals surface area contributed by atoms with Crippen molar-refractivity contribution in [3.05, 3.63) is 113 Å². The summed E-state index contributed by atoms with van der Waals surface area (Å²) in [5.74, 6) is -0.487. The molecule has 0 radical (unpaired) electrons. The Labute approximate surface area is 232 Å². The first kappa shape index (κ1) is 27.0. The number of pyridine rings is 1. The van der Waals surface area contributed by atoms with E-state index in [9.17, 15) is 13.6 Å². The molecule has 0 aliphatic carbocycles. The number of anilines is 2. The Morgan fingerprint density at radius 3 is 2.45 bits per heavy atom. The zero-order valence-electron chi connectivity index (χ0n) is 22.2. The van der Waals surface area contributed by atoms with Crippen LogP contribution in [0.4, 0.5) is 20.3 Å². The average Bonchev–Trinajstić information content (AvgIpc) is 3.21. The molecule has 1 fully saturated rings. The van der Waals surface area contributed by atoms with Crippen LogP contribution < -0.4 is 10.2 Å². The second-order valence-electron chi connectivity index (χ2n) is 9.90. The van der Waals surface area contributed by atoms with Crippen LogP contribution in [0.25, 0.3) is 11.1 Å². The van der Waals surface area contributed by atoms with Gasteiger partial charge in [0.2, 0.25) is 0 Å². The molecule has 1 aliphatic rings. The SMILES string of the molecule is Cc1ccc(C(=O)Nc2ccc(N3CCCN(Cc4c(F)cccc4F)CC3)nc2)cc1-c1ccc(C#N)cc1. The van der Waals surface area contributed by atoms with E-state index < -0.39 is 11.6 Å². The van der Waals surface area contributed by atoms with E-state index in [1.807, 2.05) is 43.3 Å². The molecule has 6 nitrogen and oxygen atoms in total. The number of carbonyl (C=O) groups excluding carboxylic acids is 1. The van der Waals surface area contributed by atoms with Crippen molar-refractivity contribution in [2.75, 3.05) is 36.4 Å². The molecule has 1 saturated heterocycles. The fourth-order valence-corrected chi connectivity index (χ4v) is 4.91. The van der Waals surface area contributed by atoms with Gasteiger partial charge in [0.15, 0.2) is 0 Å². The maximum Gasteiger partial charge on any atom is 0.255 e. The third kappa shape index (κ3) is 6.16. The summed E-state index contributed by atoms with van der Waals surface area (Å²) in [5, 5.41) is 12.0. The van der Waals surface area contributed by atoms with E-state index in [2.05, 4.69) is 26.2 Å². The molecule has 40 heavy (non-hydrogen) atoms. The molecule has 1 N–H and O–H groups in total. The summed E-state index contributed by atoms with van der Waals surface area (Å²) in [6.07, 6.45) is 2.48. The highest BCUT2D eigenvalue weighted by Crippen LogP contribution is 2.26. The number of hydrogen-bond acceptors (Lipinski definition) is 5. The van der Waals surface area contributed by atoms with Gasteiger partial charge in [0.25, 0.3) is 5.91 Å². The van der Waals surface area contributed by atoms with E-state index in [1.165, 1.54) is 18.2 Å². The minimum Gasteiger partial charge on any atom is -0.355 e. The Hall–Kier alpha value is -4.61. The van der Waals surface area contributed by atoms with Crippen molar-refractivity contribution in [3.63, 3.8) is 0 Å². The monoisotopic (exact) mass is 537 g/mol. The van der Waals surface area contributed by atoms with Crippen molar-refractivity contribution in [3.8, 4) is 17.2 Å². The number of nitrogens with zero attached hydrogens (tertiary/aromatic N) is 4. The number of carbonyl (C=O) groups is 1. The van der Waals surface area contributed by atoms with Crippen LogP contribution >= 0.6 is 0 Å². The van der Waals surface area contributed by atoms with Crippen LogP contribution in [0.15, 0.2) is 79.0 Å². The number of halogens is 2. The van der Waals surface area contributed by atoms with Gasteiger partial charge in [0.1, 0.15) is 17.5 Å². The molecule has 1 aromatic heterocycles. The van der Waals surface area contributed by atoms with Crippen LogP contribution in [0.2, 0.25) is 0 Å². The number of aromatic nitrogens is 1. The summed E-state index contributed by atoms with van der Waals surface area (Å²) in [5.41, 5.74) is 4.69. The second kappa shape index (κ2) is 12.1. The van der Waals surface area contributed by atoms with Crippen molar-refractivity contribution in [2.24, 2.45) is 0 Å². The molecule has 8 heteroatoms. The molecule has 3 aromatic carbocycles. The zero-order valence-corrected chi connectivity index (χ0v) is 22.2. The maximum atomic E-state index is 14.1.